The Hall–Kier alpha value is -2.60. The molecule has 8 nitrogen and oxygen atoms in total. The highest BCUT2D eigenvalue weighted by Crippen LogP contribution is 2.22. The predicted octanol–water partition coefficient (Wildman–Crippen LogP) is 1.48. The fourth-order valence-corrected chi connectivity index (χ4v) is 2.79. The van der Waals surface area contributed by atoms with Gasteiger partial charge in [-0.2, -0.15) is 5.10 Å². The Balaban J connectivity index is 2.07. The third-order valence-electron chi connectivity index (χ3n) is 2.73. The highest BCUT2D eigenvalue weighted by molar-refractivity contribution is 7.89. The molecule has 0 unspecified atom stereocenters. The van der Waals surface area contributed by atoms with Crippen molar-refractivity contribution in [1.82, 2.24) is 14.9 Å². The second-order valence-electron chi connectivity index (χ2n) is 4.43. The number of halogens is 3. The second-order valence-corrected chi connectivity index (χ2v) is 6.14. The molecule has 0 fully saturated rings. The summed E-state index contributed by atoms with van der Waals surface area (Å²) in [6, 6.07) is 4.51. The van der Waals surface area contributed by atoms with Crippen LogP contribution in [0.3, 0.4) is 0 Å². The summed E-state index contributed by atoms with van der Waals surface area (Å²) in [5, 5.41) is 13.7. The maximum atomic E-state index is 12.0. The summed E-state index contributed by atoms with van der Waals surface area (Å²) in [6.45, 7) is -0.271. The van der Waals surface area contributed by atoms with E-state index in [9.17, 15) is 26.4 Å². The van der Waals surface area contributed by atoms with Crippen molar-refractivity contribution in [2.24, 2.45) is 0 Å². The maximum absolute atomic E-state index is 12.0. The molecular formula is C12H10F3N3O5S. The third kappa shape index (κ3) is 4.45. The van der Waals surface area contributed by atoms with E-state index in [1.807, 2.05) is 0 Å². The number of nitrogens with zero attached hydrogens (tertiary/aromatic N) is 1. The number of nitrogens with one attached hydrogen (secondary N) is 2. The van der Waals surface area contributed by atoms with Crippen molar-refractivity contribution in [2.75, 3.05) is 0 Å². The summed E-state index contributed by atoms with van der Waals surface area (Å²) in [6.07, 6.45) is -3.98. The fourth-order valence-electron chi connectivity index (χ4n) is 1.69. The molecule has 0 saturated carbocycles. The molecule has 1 aromatic carbocycles. The van der Waals surface area contributed by atoms with Crippen molar-refractivity contribution in [3.8, 4) is 5.75 Å². The number of hydrogen-bond donors (Lipinski definition) is 3. The van der Waals surface area contributed by atoms with Crippen LogP contribution < -0.4 is 9.46 Å². The van der Waals surface area contributed by atoms with Gasteiger partial charge in [-0.05, 0) is 17.7 Å². The predicted molar refractivity (Wildman–Crippen MR) is 72.7 cm³/mol. The van der Waals surface area contributed by atoms with Crippen molar-refractivity contribution < 1.29 is 36.2 Å². The normalized spacial score (nSPS) is 12.1. The van der Waals surface area contributed by atoms with Crippen molar-refractivity contribution in [2.45, 2.75) is 17.9 Å². The van der Waals surface area contributed by atoms with Crippen LogP contribution in [0.2, 0.25) is 0 Å². The summed E-state index contributed by atoms with van der Waals surface area (Å²) in [4.78, 5) is 10.9. The number of sulfonamides is 1. The van der Waals surface area contributed by atoms with Gasteiger partial charge in [-0.1, -0.05) is 12.1 Å². The lowest BCUT2D eigenvalue weighted by molar-refractivity contribution is -0.274. The van der Waals surface area contributed by atoms with E-state index in [4.69, 9.17) is 5.11 Å². The van der Waals surface area contributed by atoms with Gasteiger partial charge in [0.2, 0.25) is 0 Å². The molecule has 0 saturated heterocycles. The first-order valence-corrected chi connectivity index (χ1v) is 7.68. The highest BCUT2D eigenvalue weighted by Gasteiger charge is 2.31. The molecule has 24 heavy (non-hydrogen) atoms. The van der Waals surface area contributed by atoms with E-state index in [0.29, 0.717) is 5.56 Å². The van der Waals surface area contributed by atoms with Crippen LogP contribution in [0.15, 0.2) is 35.5 Å². The lowest BCUT2D eigenvalue weighted by atomic mass is 10.2. The van der Waals surface area contributed by atoms with Gasteiger partial charge >= 0.3 is 12.3 Å². The lowest BCUT2D eigenvalue weighted by Crippen LogP contribution is -2.25. The van der Waals surface area contributed by atoms with Gasteiger partial charge in [0, 0.05) is 6.54 Å². The number of alkyl halides is 3. The van der Waals surface area contributed by atoms with Crippen LogP contribution in [0.4, 0.5) is 13.2 Å². The van der Waals surface area contributed by atoms with Crippen LogP contribution >= 0.6 is 0 Å². The number of H-pyrrole nitrogens is 1. The fraction of sp³-hybridized carbons (Fsp3) is 0.167. The number of benzene rings is 1. The lowest BCUT2D eigenvalue weighted by Gasteiger charge is -2.10. The third-order valence-corrected chi connectivity index (χ3v) is 4.10. The average molecular weight is 365 g/mol. The molecule has 0 atom stereocenters. The minimum atomic E-state index is -4.82. The Labute approximate surface area is 133 Å². The van der Waals surface area contributed by atoms with Gasteiger partial charge in [-0.25, -0.2) is 17.9 Å². The first kappa shape index (κ1) is 17.7. The molecule has 1 aromatic heterocycles. The van der Waals surface area contributed by atoms with E-state index >= 15 is 0 Å². The van der Waals surface area contributed by atoms with Gasteiger partial charge in [-0.3, -0.25) is 5.10 Å². The summed E-state index contributed by atoms with van der Waals surface area (Å²) >= 11 is 0. The molecule has 0 radical (unpaired) electrons. The van der Waals surface area contributed by atoms with E-state index in [1.54, 1.807) is 0 Å². The van der Waals surface area contributed by atoms with E-state index in [2.05, 4.69) is 19.7 Å². The minimum Gasteiger partial charge on any atom is -0.478 e. The largest absolute Gasteiger partial charge is 0.573 e. The molecule has 2 aromatic rings. The Bertz CT molecular complexity index is 830. The van der Waals surface area contributed by atoms with E-state index in [1.165, 1.54) is 12.1 Å². The van der Waals surface area contributed by atoms with Gasteiger partial charge < -0.3 is 9.84 Å². The van der Waals surface area contributed by atoms with E-state index < -0.39 is 38.7 Å². The molecule has 3 N–H and O–H groups in total. The second kappa shape index (κ2) is 6.49. The first-order valence-electron chi connectivity index (χ1n) is 6.19. The molecule has 0 spiro atoms. The van der Waals surface area contributed by atoms with Gasteiger partial charge in [0.15, 0.2) is 5.03 Å². The minimum absolute atomic E-state index is 0.271. The van der Waals surface area contributed by atoms with Crippen LogP contribution in [-0.2, 0) is 16.6 Å². The number of hydrogen-bond acceptors (Lipinski definition) is 5. The monoisotopic (exact) mass is 365 g/mol. The Kier molecular flexibility index (Phi) is 4.80. The quantitative estimate of drug-likeness (QED) is 0.713. The zero-order chi connectivity index (χ0) is 18.0. The van der Waals surface area contributed by atoms with Crippen molar-refractivity contribution in [1.29, 1.82) is 0 Å². The van der Waals surface area contributed by atoms with E-state index in [-0.39, 0.29) is 6.54 Å². The molecule has 1 heterocycles. The first-order chi connectivity index (χ1) is 11.1. The van der Waals surface area contributed by atoms with Crippen LogP contribution in [0.25, 0.3) is 0 Å². The van der Waals surface area contributed by atoms with Crippen LogP contribution in [0, 0.1) is 0 Å². The van der Waals surface area contributed by atoms with Crippen molar-refractivity contribution in [3.63, 3.8) is 0 Å². The summed E-state index contributed by atoms with van der Waals surface area (Å²) in [5.41, 5.74) is -0.194. The zero-order valence-corrected chi connectivity index (χ0v) is 12.5. The zero-order valence-electron chi connectivity index (χ0n) is 11.7. The molecule has 12 heteroatoms. The van der Waals surface area contributed by atoms with Crippen LogP contribution in [-0.4, -0.2) is 36.1 Å². The standard InChI is InChI=1S/C12H10F3N3O5S/c13-12(14,15)23-8-3-1-7(2-4-8)5-17-24(21,22)10-9(11(19)20)6-16-18-10/h1-4,6,17H,5H2,(H,16,18)(H,19,20). The molecule has 130 valence electrons. The van der Waals surface area contributed by atoms with Crippen LogP contribution in [0.5, 0.6) is 5.75 Å². The van der Waals surface area contributed by atoms with Crippen LogP contribution in [0.1, 0.15) is 15.9 Å². The topological polar surface area (TPSA) is 121 Å². The van der Waals surface area contributed by atoms with Gasteiger partial charge in [-0.15, -0.1) is 13.2 Å². The number of rotatable bonds is 6. The molecule has 2 rings (SSSR count). The number of carbonyl (C=O) groups is 1. The van der Waals surface area contributed by atoms with Gasteiger partial charge in [0.05, 0.1) is 6.20 Å². The molecule has 0 aliphatic heterocycles. The smallest absolute Gasteiger partial charge is 0.478 e. The Morgan fingerprint density at radius 3 is 2.46 bits per heavy atom. The number of carboxylic acid groups (broad SMARTS) is 1. The maximum Gasteiger partial charge on any atom is 0.573 e. The van der Waals surface area contributed by atoms with Gasteiger partial charge in [0.25, 0.3) is 10.0 Å². The van der Waals surface area contributed by atoms with E-state index in [0.717, 1.165) is 18.3 Å². The SMILES string of the molecule is O=C(O)c1cn[nH]c1S(=O)(=O)NCc1ccc(OC(F)(F)F)cc1. The molecular weight excluding hydrogens is 355 g/mol. The van der Waals surface area contributed by atoms with Crippen molar-refractivity contribution >= 4 is 16.0 Å². The number of aromatic nitrogens is 2. The number of carboxylic acids is 1. The molecule has 0 amide bonds. The highest BCUT2D eigenvalue weighted by atomic mass is 32.2. The Morgan fingerprint density at radius 1 is 1.29 bits per heavy atom. The number of ether oxygens (including phenoxy) is 1. The number of aromatic carboxylic acids is 1. The average Bonchev–Trinajstić information content (AvgIpc) is 2.95. The number of aromatic amines is 1. The summed E-state index contributed by atoms with van der Waals surface area (Å²) in [7, 11) is -4.19. The summed E-state index contributed by atoms with van der Waals surface area (Å²) in [5.74, 6) is -1.92. The van der Waals surface area contributed by atoms with Crippen molar-refractivity contribution in [3.05, 3.63) is 41.6 Å². The summed E-state index contributed by atoms with van der Waals surface area (Å²) < 4.78 is 66.0. The Morgan fingerprint density at radius 2 is 1.92 bits per heavy atom. The van der Waals surface area contributed by atoms with Gasteiger partial charge in [0.1, 0.15) is 11.3 Å². The molecule has 0 bridgehead atoms. The molecule has 0 aliphatic rings. The molecule has 0 aliphatic carbocycles.